The maximum Gasteiger partial charge on any atom is 0.164 e. The van der Waals surface area contributed by atoms with Gasteiger partial charge >= 0.3 is 0 Å². The van der Waals surface area contributed by atoms with E-state index in [0.717, 1.165) is 29.0 Å². The van der Waals surface area contributed by atoms with Crippen molar-refractivity contribution < 1.29 is 0 Å². The zero-order valence-corrected chi connectivity index (χ0v) is 8.97. The second kappa shape index (κ2) is 2.70. The van der Waals surface area contributed by atoms with Crippen molar-refractivity contribution in [1.82, 2.24) is 4.90 Å². The number of nitrogens with zero attached hydrogens (tertiary/aromatic N) is 2. The molecule has 12 heavy (non-hydrogen) atoms. The van der Waals surface area contributed by atoms with Crippen molar-refractivity contribution in [3.63, 3.8) is 0 Å². The van der Waals surface area contributed by atoms with Gasteiger partial charge in [-0.25, -0.2) is 0 Å². The molecular formula is C8H12N2S2. The molecule has 0 aliphatic carbocycles. The summed E-state index contributed by atoms with van der Waals surface area (Å²) in [7, 11) is 0. The highest BCUT2D eigenvalue weighted by Gasteiger charge is 2.34. The third-order valence-electron chi connectivity index (χ3n) is 2.09. The first kappa shape index (κ1) is 8.51. The van der Waals surface area contributed by atoms with Crippen LogP contribution in [0.25, 0.3) is 0 Å². The monoisotopic (exact) mass is 200 g/mol. The molecule has 0 atom stereocenters. The Hall–Kier alpha value is -0.0900. The Kier molecular flexibility index (Phi) is 1.92. The van der Waals surface area contributed by atoms with E-state index in [-0.39, 0.29) is 0 Å². The van der Waals surface area contributed by atoms with Gasteiger partial charge in [-0.15, -0.1) is 0 Å². The van der Waals surface area contributed by atoms with Gasteiger partial charge in [-0.1, -0.05) is 37.8 Å². The lowest BCUT2D eigenvalue weighted by molar-refractivity contribution is 0.304. The van der Waals surface area contributed by atoms with E-state index < -0.39 is 0 Å². The van der Waals surface area contributed by atoms with Gasteiger partial charge in [-0.2, -0.15) is 0 Å². The Balaban J connectivity index is 2.25. The van der Waals surface area contributed by atoms with Crippen LogP contribution >= 0.6 is 24.0 Å². The Morgan fingerprint density at radius 2 is 2.33 bits per heavy atom. The molecule has 0 amide bonds. The van der Waals surface area contributed by atoms with Crippen molar-refractivity contribution in [1.29, 1.82) is 0 Å². The number of rotatable bonds is 0. The van der Waals surface area contributed by atoms with Crippen molar-refractivity contribution in [2.75, 3.05) is 18.8 Å². The molecule has 0 bridgehead atoms. The average Bonchev–Trinajstić information content (AvgIpc) is 2.31. The molecule has 0 spiro atoms. The van der Waals surface area contributed by atoms with Crippen LogP contribution in [0.3, 0.4) is 0 Å². The van der Waals surface area contributed by atoms with Gasteiger partial charge in [0.1, 0.15) is 0 Å². The van der Waals surface area contributed by atoms with Crippen LogP contribution in [0.5, 0.6) is 0 Å². The number of hydrogen-bond acceptors (Lipinski definition) is 3. The number of amidine groups is 1. The second-order valence-electron chi connectivity index (χ2n) is 4.03. The Morgan fingerprint density at radius 1 is 1.58 bits per heavy atom. The van der Waals surface area contributed by atoms with Gasteiger partial charge in [0, 0.05) is 18.5 Å². The number of thioether (sulfide) groups is 1. The summed E-state index contributed by atoms with van der Waals surface area (Å²) in [6.07, 6.45) is 0. The standard InChI is InChI=1S/C8H12N2S2/c1-8(2)4-9-7-10(5-8)6(11)3-12-7/h3-5H2,1-2H3. The minimum atomic E-state index is 0.290. The van der Waals surface area contributed by atoms with E-state index in [2.05, 4.69) is 23.7 Å². The van der Waals surface area contributed by atoms with Crippen LogP contribution in [0, 0.1) is 5.41 Å². The van der Waals surface area contributed by atoms with E-state index in [1.165, 1.54) is 0 Å². The Morgan fingerprint density at radius 3 is 3.08 bits per heavy atom. The predicted octanol–water partition coefficient (Wildman–Crippen LogP) is 1.76. The summed E-state index contributed by atoms with van der Waals surface area (Å²) in [6, 6.07) is 0. The largest absolute Gasteiger partial charge is 0.314 e. The van der Waals surface area contributed by atoms with Crippen LogP contribution in [0.4, 0.5) is 0 Å². The fraction of sp³-hybridized carbons (Fsp3) is 0.750. The Bertz CT molecular complexity index is 258. The van der Waals surface area contributed by atoms with E-state index in [9.17, 15) is 0 Å². The molecule has 0 N–H and O–H groups in total. The van der Waals surface area contributed by atoms with Gasteiger partial charge in [0.15, 0.2) is 5.17 Å². The van der Waals surface area contributed by atoms with Crippen LogP contribution in [-0.2, 0) is 0 Å². The highest BCUT2D eigenvalue weighted by molar-refractivity contribution is 8.15. The highest BCUT2D eigenvalue weighted by Crippen LogP contribution is 2.30. The van der Waals surface area contributed by atoms with E-state index >= 15 is 0 Å². The third kappa shape index (κ3) is 1.38. The lowest BCUT2D eigenvalue weighted by atomic mass is 9.92. The molecule has 2 aliphatic rings. The second-order valence-corrected chi connectivity index (χ2v) is 5.45. The molecule has 2 rings (SSSR count). The lowest BCUT2D eigenvalue weighted by Crippen LogP contribution is -2.42. The molecule has 2 heterocycles. The zero-order chi connectivity index (χ0) is 8.77. The van der Waals surface area contributed by atoms with Gasteiger partial charge in [-0.3, -0.25) is 4.99 Å². The normalized spacial score (nSPS) is 27.0. The smallest absolute Gasteiger partial charge is 0.164 e. The van der Waals surface area contributed by atoms with Crippen molar-refractivity contribution in [2.24, 2.45) is 10.4 Å². The van der Waals surface area contributed by atoms with Crippen LogP contribution in [0.1, 0.15) is 13.8 Å². The van der Waals surface area contributed by atoms with Crippen molar-refractivity contribution in [3.05, 3.63) is 0 Å². The maximum atomic E-state index is 5.24. The minimum Gasteiger partial charge on any atom is -0.314 e. The molecule has 2 aliphatic heterocycles. The van der Waals surface area contributed by atoms with Crippen LogP contribution < -0.4 is 0 Å². The molecule has 0 saturated carbocycles. The number of aliphatic imine (C=N–C) groups is 1. The number of thiocarbonyl (C=S) groups is 1. The minimum absolute atomic E-state index is 0.290. The van der Waals surface area contributed by atoms with E-state index in [1.54, 1.807) is 11.8 Å². The van der Waals surface area contributed by atoms with Gasteiger partial charge in [0.05, 0.1) is 10.7 Å². The van der Waals surface area contributed by atoms with Gasteiger partial charge in [-0.05, 0) is 0 Å². The van der Waals surface area contributed by atoms with Gasteiger partial charge in [0.2, 0.25) is 0 Å². The first-order valence-corrected chi connectivity index (χ1v) is 5.45. The summed E-state index contributed by atoms with van der Waals surface area (Å²) in [5.74, 6) is 0.949. The van der Waals surface area contributed by atoms with Crippen LogP contribution in [-0.4, -0.2) is 33.9 Å². The molecule has 0 aromatic rings. The maximum absolute atomic E-state index is 5.24. The molecule has 0 unspecified atom stereocenters. The molecule has 1 saturated heterocycles. The quantitative estimate of drug-likeness (QED) is 0.554. The van der Waals surface area contributed by atoms with E-state index in [4.69, 9.17) is 12.2 Å². The van der Waals surface area contributed by atoms with E-state index in [1.807, 2.05) is 0 Å². The lowest BCUT2D eigenvalue weighted by Gasteiger charge is -2.33. The van der Waals surface area contributed by atoms with Gasteiger partial charge < -0.3 is 4.90 Å². The fourth-order valence-electron chi connectivity index (χ4n) is 1.44. The first-order valence-electron chi connectivity index (χ1n) is 4.06. The average molecular weight is 200 g/mol. The summed E-state index contributed by atoms with van der Waals surface area (Å²) in [5, 5.41) is 1.14. The Labute approximate surface area is 82.4 Å². The molecule has 2 nitrogen and oxygen atoms in total. The summed E-state index contributed by atoms with van der Waals surface area (Å²) < 4.78 is 0. The van der Waals surface area contributed by atoms with Crippen molar-refractivity contribution in [2.45, 2.75) is 13.8 Å². The first-order chi connectivity index (χ1) is 5.58. The van der Waals surface area contributed by atoms with E-state index in [0.29, 0.717) is 5.41 Å². The number of fused-ring (bicyclic) bond motifs is 1. The molecule has 4 heteroatoms. The molecule has 0 aromatic carbocycles. The molecule has 0 radical (unpaired) electrons. The third-order valence-corrected chi connectivity index (χ3v) is 3.66. The van der Waals surface area contributed by atoms with Crippen LogP contribution in [0.2, 0.25) is 0 Å². The molecular weight excluding hydrogens is 188 g/mol. The summed E-state index contributed by atoms with van der Waals surface area (Å²) >= 11 is 7.01. The fourth-order valence-corrected chi connectivity index (χ4v) is 2.72. The molecule has 1 fully saturated rings. The topological polar surface area (TPSA) is 15.6 Å². The van der Waals surface area contributed by atoms with Crippen molar-refractivity contribution in [3.8, 4) is 0 Å². The number of hydrogen-bond donors (Lipinski definition) is 0. The summed E-state index contributed by atoms with van der Waals surface area (Å²) in [6.45, 7) is 6.45. The predicted molar refractivity (Wildman–Crippen MR) is 57.8 cm³/mol. The summed E-state index contributed by atoms with van der Waals surface area (Å²) in [5.41, 5.74) is 0.290. The van der Waals surface area contributed by atoms with Crippen LogP contribution in [0.15, 0.2) is 4.99 Å². The molecule has 66 valence electrons. The molecule has 0 aromatic heterocycles. The summed E-state index contributed by atoms with van der Waals surface area (Å²) in [4.78, 5) is 7.74. The SMILES string of the molecule is CC1(C)CN=C2SCC(=S)N2C1. The zero-order valence-electron chi connectivity index (χ0n) is 7.33. The highest BCUT2D eigenvalue weighted by atomic mass is 32.2. The van der Waals surface area contributed by atoms with Gasteiger partial charge in [0.25, 0.3) is 0 Å². The van der Waals surface area contributed by atoms with Crippen molar-refractivity contribution >= 4 is 34.1 Å².